The Morgan fingerprint density at radius 2 is 0.809 bits per heavy atom. The molecular formula is C55H85O12P. The molecule has 0 aliphatic heterocycles. The van der Waals surface area contributed by atoms with Crippen molar-refractivity contribution in [2.75, 3.05) is 19.8 Å². The average Bonchev–Trinajstić information content (AvgIpc) is 3.32. The van der Waals surface area contributed by atoms with Gasteiger partial charge in [-0.1, -0.05) is 160 Å². The lowest BCUT2D eigenvalue weighted by Crippen LogP contribution is -2.64. The summed E-state index contributed by atoms with van der Waals surface area (Å²) in [6.45, 7) is 3.83. The van der Waals surface area contributed by atoms with Gasteiger partial charge >= 0.3 is 13.8 Å². The first-order chi connectivity index (χ1) is 33.0. The molecule has 382 valence electrons. The molecule has 0 aromatic carbocycles. The van der Waals surface area contributed by atoms with Crippen LogP contribution in [0.4, 0.5) is 0 Å². The molecule has 0 bridgehead atoms. The van der Waals surface area contributed by atoms with E-state index < -0.39 is 63.1 Å². The van der Waals surface area contributed by atoms with Crippen molar-refractivity contribution in [1.29, 1.82) is 0 Å². The third-order valence-corrected chi connectivity index (χ3v) is 11.2. The van der Waals surface area contributed by atoms with Gasteiger partial charge in [0.25, 0.3) is 0 Å². The minimum absolute atomic E-state index is 0.0849. The molecule has 0 saturated heterocycles. The van der Waals surface area contributed by atoms with E-state index in [1.807, 2.05) is 12.2 Å². The molecule has 1 aliphatic carbocycles. The number of aliphatic hydroxyl groups is 5. The van der Waals surface area contributed by atoms with Crippen molar-refractivity contribution in [3.8, 4) is 0 Å². The van der Waals surface area contributed by atoms with E-state index in [-0.39, 0.29) is 13.0 Å². The smallest absolute Gasteiger partial charge is 0.457 e. The molecule has 0 amide bonds. The molecule has 1 saturated carbocycles. The van der Waals surface area contributed by atoms with Crippen LogP contribution in [0.25, 0.3) is 0 Å². The maximum Gasteiger partial charge on any atom is 0.472 e. The number of rotatable bonds is 39. The van der Waals surface area contributed by atoms with E-state index in [0.717, 1.165) is 89.9 Å². The van der Waals surface area contributed by atoms with E-state index in [1.165, 1.54) is 0 Å². The van der Waals surface area contributed by atoms with Gasteiger partial charge in [0.2, 0.25) is 0 Å². The number of phosphoric ester groups is 1. The quantitative estimate of drug-likeness (QED) is 0.0148. The van der Waals surface area contributed by atoms with Crippen molar-refractivity contribution in [3.63, 3.8) is 0 Å². The fourth-order valence-corrected chi connectivity index (χ4v) is 7.34. The normalized spacial score (nSPS) is 22.4. The maximum atomic E-state index is 12.8. The number of unbranched alkanes of at least 4 members (excludes halogenated alkanes) is 3. The molecule has 6 atom stereocenters. The van der Waals surface area contributed by atoms with Crippen LogP contribution < -0.4 is 0 Å². The minimum atomic E-state index is -5.06. The molecule has 12 nitrogen and oxygen atoms in total. The van der Waals surface area contributed by atoms with Crippen LogP contribution in [0.5, 0.6) is 0 Å². The molecule has 1 fully saturated rings. The van der Waals surface area contributed by atoms with E-state index in [1.54, 1.807) is 0 Å². The highest BCUT2D eigenvalue weighted by atomic mass is 31.2. The summed E-state index contributed by atoms with van der Waals surface area (Å²) >= 11 is 0. The predicted molar refractivity (Wildman–Crippen MR) is 276 cm³/mol. The van der Waals surface area contributed by atoms with Crippen molar-refractivity contribution in [2.45, 2.75) is 172 Å². The summed E-state index contributed by atoms with van der Waals surface area (Å²) in [6, 6.07) is 0. The fourth-order valence-electron chi connectivity index (χ4n) is 6.37. The van der Waals surface area contributed by atoms with Crippen molar-refractivity contribution in [1.82, 2.24) is 0 Å². The number of esters is 1. The third-order valence-electron chi connectivity index (χ3n) is 10.2. The fraction of sp³-hybridized carbons (Fsp3) is 0.545. The highest BCUT2D eigenvalue weighted by molar-refractivity contribution is 7.47. The summed E-state index contributed by atoms with van der Waals surface area (Å²) in [5, 5.41) is 50.3. The Balaban J connectivity index is 2.46. The number of hydrogen-bond donors (Lipinski definition) is 6. The molecule has 6 unspecified atom stereocenters. The van der Waals surface area contributed by atoms with E-state index in [4.69, 9.17) is 18.5 Å². The summed E-state index contributed by atoms with van der Waals surface area (Å²) in [7, 11) is -5.06. The van der Waals surface area contributed by atoms with Gasteiger partial charge in [-0.05, 0) is 109 Å². The van der Waals surface area contributed by atoms with Crippen LogP contribution in [0.1, 0.15) is 129 Å². The first kappa shape index (κ1) is 62.2. The minimum Gasteiger partial charge on any atom is -0.457 e. The van der Waals surface area contributed by atoms with E-state index in [0.29, 0.717) is 25.9 Å². The van der Waals surface area contributed by atoms with Gasteiger partial charge in [0.1, 0.15) is 42.7 Å². The van der Waals surface area contributed by atoms with Gasteiger partial charge in [0, 0.05) is 13.0 Å². The molecule has 68 heavy (non-hydrogen) atoms. The molecule has 6 N–H and O–H groups in total. The van der Waals surface area contributed by atoms with Gasteiger partial charge in [0.15, 0.2) is 0 Å². The second-order valence-corrected chi connectivity index (χ2v) is 17.6. The summed E-state index contributed by atoms with van der Waals surface area (Å²) in [4.78, 5) is 23.2. The highest BCUT2D eigenvalue weighted by Gasteiger charge is 2.51. The molecule has 0 radical (unpaired) electrons. The Hall–Kier alpha value is -3.78. The Morgan fingerprint density at radius 3 is 1.19 bits per heavy atom. The molecule has 0 heterocycles. The van der Waals surface area contributed by atoms with Crippen LogP contribution in [-0.4, -0.2) is 98.9 Å². The largest absolute Gasteiger partial charge is 0.472 e. The van der Waals surface area contributed by atoms with E-state index in [2.05, 4.69) is 148 Å². The van der Waals surface area contributed by atoms with Gasteiger partial charge in [-0.15, -0.1) is 0 Å². The average molecular weight is 969 g/mol. The number of phosphoric acid groups is 1. The predicted octanol–water partition coefficient (Wildman–Crippen LogP) is 11.0. The zero-order chi connectivity index (χ0) is 49.8. The topological polar surface area (TPSA) is 192 Å². The lowest BCUT2D eigenvalue weighted by atomic mass is 9.85. The lowest BCUT2D eigenvalue weighted by molar-refractivity contribution is -0.220. The van der Waals surface area contributed by atoms with Crippen molar-refractivity contribution >= 4 is 13.8 Å². The lowest BCUT2D eigenvalue weighted by Gasteiger charge is -2.41. The Labute approximate surface area is 408 Å². The molecule has 0 aromatic heterocycles. The standard InChI is InChI=1S/C55H85O12P/c1-3-5-7-9-11-13-15-17-19-21-22-23-24-25-26-27-29-31-33-35-37-39-41-43-45-64-46-48(47-65-68(62,63)67-55-53(60)51(58)50(57)52(59)54(55)61)66-49(56)44-42-40-38-36-34-32-30-28-20-18-16-14-12-10-8-6-4-2/h5-8,11-14,17-20,22-23,25-26,29-32,35-38,48,50-55,57-61H,3-4,9-10,15-16,21,24,27-28,33-34,39-47H2,1-2H3,(H,62,63)/b7-5-,8-6-,13-11-,14-12-,19-17-,20-18-,23-22-,26-25-,31-29-,32-30-,37-35-,38-36-. The van der Waals surface area contributed by atoms with Gasteiger partial charge in [-0.25, -0.2) is 4.57 Å². The second-order valence-electron chi connectivity index (χ2n) is 16.2. The Bertz CT molecular complexity index is 1670. The number of allylic oxidation sites excluding steroid dienone is 24. The summed E-state index contributed by atoms with van der Waals surface area (Å²) in [5.74, 6) is -0.557. The number of aliphatic hydroxyl groups excluding tert-OH is 5. The molecule has 0 aromatic rings. The molecule has 13 heteroatoms. The first-order valence-corrected chi connectivity index (χ1v) is 26.2. The number of carbonyl (C=O) groups is 1. The number of hydrogen-bond acceptors (Lipinski definition) is 11. The van der Waals surface area contributed by atoms with Gasteiger partial charge in [-0.2, -0.15) is 0 Å². The number of carbonyl (C=O) groups excluding carboxylic acids is 1. The SMILES string of the molecule is CC/C=C\C/C=C\C/C=C\C/C=C\C/C=C\C/C=C\C/C=C\CCCCOCC(COP(=O)(O)OC1C(O)C(O)C(O)C(O)C1O)OC(=O)CCC/C=C\C/C=C\C/C=C\C/C=C\C/C=C\CC. The zero-order valence-corrected chi connectivity index (χ0v) is 41.7. The molecule has 0 spiro atoms. The van der Waals surface area contributed by atoms with Crippen LogP contribution >= 0.6 is 7.82 Å². The molecule has 1 rings (SSSR count). The number of ether oxygens (including phenoxy) is 2. The summed E-state index contributed by atoms with van der Waals surface area (Å²) in [6.07, 6.45) is 53.5. The highest BCUT2D eigenvalue weighted by Crippen LogP contribution is 2.47. The van der Waals surface area contributed by atoms with Crippen LogP contribution in [0, 0.1) is 0 Å². The maximum absolute atomic E-state index is 12.8. The first-order valence-electron chi connectivity index (χ1n) is 24.7. The van der Waals surface area contributed by atoms with Crippen LogP contribution in [0.3, 0.4) is 0 Å². The van der Waals surface area contributed by atoms with E-state index >= 15 is 0 Å². The second kappa shape index (κ2) is 43.3. The van der Waals surface area contributed by atoms with Crippen LogP contribution in [0.15, 0.2) is 146 Å². The van der Waals surface area contributed by atoms with Crippen LogP contribution in [-0.2, 0) is 27.9 Å². The third kappa shape index (κ3) is 34.5. The Morgan fingerprint density at radius 1 is 0.471 bits per heavy atom. The van der Waals surface area contributed by atoms with Gasteiger partial charge in [0.05, 0.1) is 13.2 Å². The van der Waals surface area contributed by atoms with Gasteiger partial charge in [-0.3, -0.25) is 13.8 Å². The molecular weight excluding hydrogens is 884 g/mol. The van der Waals surface area contributed by atoms with Crippen molar-refractivity contribution in [3.05, 3.63) is 146 Å². The van der Waals surface area contributed by atoms with Crippen LogP contribution in [0.2, 0.25) is 0 Å². The Kier molecular flexibility index (Phi) is 39.6. The summed E-state index contributed by atoms with van der Waals surface area (Å²) in [5.41, 5.74) is 0. The van der Waals surface area contributed by atoms with Gasteiger partial charge < -0.3 is 39.9 Å². The van der Waals surface area contributed by atoms with E-state index in [9.17, 15) is 39.8 Å². The summed E-state index contributed by atoms with van der Waals surface area (Å²) < 4.78 is 34.1. The monoisotopic (exact) mass is 969 g/mol. The van der Waals surface area contributed by atoms with Crippen molar-refractivity contribution in [2.24, 2.45) is 0 Å². The zero-order valence-electron chi connectivity index (χ0n) is 40.8. The molecule has 1 aliphatic rings. The van der Waals surface area contributed by atoms with Crippen molar-refractivity contribution < 1.29 is 58.3 Å².